The average Bonchev–Trinajstić information content (AvgIpc) is 2.62. The molecule has 1 aromatic carbocycles. The Bertz CT molecular complexity index is 554. The van der Waals surface area contributed by atoms with Gasteiger partial charge in [-0.05, 0) is 38.8 Å². The van der Waals surface area contributed by atoms with Gasteiger partial charge in [0.2, 0.25) is 0 Å². The molecule has 0 spiro atoms. The molecule has 0 unspecified atom stereocenters. The Balaban J connectivity index is 2.06. The maximum atomic E-state index is 12.4. The Kier molecular flexibility index (Phi) is 7.52. The second-order valence-electron chi connectivity index (χ2n) is 6.56. The highest BCUT2D eigenvalue weighted by Crippen LogP contribution is 2.28. The van der Waals surface area contributed by atoms with Gasteiger partial charge in [-0.15, -0.1) is 0 Å². The normalized spacial score (nSPS) is 16.0. The van der Waals surface area contributed by atoms with Gasteiger partial charge in [-0.2, -0.15) is 0 Å². The third-order valence-electron chi connectivity index (χ3n) is 4.53. The molecule has 0 atom stereocenters. The third kappa shape index (κ3) is 5.61. The summed E-state index contributed by atoms with van der Waals surface area (Å²) in [6.07, 6.45) is 2.04. The van der Waals surface area contributed by atoms with Crippen molar-refractivity contribution in [1.82, 2.24) is 10.2 Å². The van der Waals surface area contributed by atoms with Crippen molar-refractivity contribution in [1.29, 1.82) is 0 Å². The lowest BCUT2D eigenvalue weighted by molar-refractivity contribution is 0.0810. The van der Waals surface area contributed by atoms with E-state index in [1.54, 1.807) is 32.4 Å². The molecule has 0 radical (unpaired) electrons. The van der Waals surface area contributed by atoms with Crippen LogP contribution in [0.2, 0.25) is 0 Å². The SMILES string of the molecule is COCCNC(=O)c1ccc(OC)cc1OC1CCN(C(C)C)CC1. The molecule has 1 amide bonds. The summed E-state index contributed by atoms with van der Waals surface area (Å²) in [5, 5.41) is 2.84. The standard InChI is InChI=1S/C19H30N2O4/c1-14(2)21-10-7-15(8-11-21)25-18-13-16(24-4)5-6-17(18)19(22)20-9-12-23-3/h5-6,13-15H,7-12H2,1-4H3,(H,20,22). The molecule has 0 bridgehead atoms. The van der Waals surface area contributed by atoms with Gasteiger partial charge in [0.1, 0.15) is 17.6 Å². The molecule has 1 aliphatic rings. The predicted molar refractivity (Wildman–Crippen MR) is 97.6 cm³/mol. The van der Waals surface area contributed by atoms with Crippen molar-refractivity contribution in [3.05, 3.63) is 23.8 Å². The fraction of sp³-hybridized carbons (Fsp3) is 0.632. The van der Waals surface area contributed by atoms with E-state index in [0.717, 1.165) is 25.9 Å². The van der Waals surface area contributed by atoms with E-state index >= 15 is 0 Å². The van der Waals surface area contributed by atoms with E-state index in [4.69, 9.17) is 14.2 Å². The number of rotatable bonds is 8. The molecule has 1 fully saturated rings. The average molecular weight is 350 g/mol. The first kappa shape index (κ1) is 19.5. The summed E-state index contributed by atoms with van der Waals surface area (Å²) < 4.78 is 16.4. The summed E-state index contributed by atoms with van der Waals surface area (Å²) in [5.41, 5.74) is 0.531. The highest BCUT2D eigenvalue weighted by Gasteiger charge is 2.24. The number of piperidine rings is 1. The molecule has 1 heterocycles. The van der Waals surface area contributed by atoms with Gasteiger partial charge in [0.05, 0.1) is 19.3 Å². The summed E-state index contributed by atoms with van der Waals surface area (Å²) in [5.74, 6) is 1.11. The number of hydrogen-bond acceptors (Lipinski definition) is 5. The molecule has 1 aliphatic heterocycles. The molecular formula is C19H30N2O4. The van der Waals surface area contributed by atoms with Gasteiger partial charge in [0, 0.05) is 38.9 Å². The van der Waals surface area contributed by atoms with E-state index in [1.165, 1.54) is 0 Å². The number of nitrogens with zero attached hydrogens (tertiary/aromatic N) is 1. The van der Waals surface area contributed by atoms with Gasteiger partial charge < -0.3 is 24.4 Å². The van der Waals surface area contributed by atoms with Gasteiger partial charge in [-0.3, -0.25) is 4.79 Å². The maximum Gasteiger partial charge on any atom is 0.255 e. The molecule has 0 saturated carbocycles. The van der Waals surface area contributed by atoms with Crippen molar-refractivity contribution < 1.29 is 19.0 Å². The summed E-state index contributed by atoms with van der Waals surface area (Å²) >= 11 is 0. The second-order valence-corrected chi connectivity index (χ2v) is 6.56. The van der Waals surface area contributed by atoms with Crippen LogP contribution in [0.15, 0.2) is 18.2 Å². The lowest BCUT2D eigenvalue weighted by Gasteiger charge is -2.34. The molecule has 1 N–H and O–H groups in total. The van der Waals surface area contributed by atoms with E-state index < -0.39 is 0 Å². The van der Waals surface area contributed by atoms with Gasteiger partial charge in [-0.1, -0.05) is 0 Å². The molecule has 6 nitrogen and oxygen atoms in total. The number of carbonyl (C=O) groups is 1. The fourth-order valence-corrected chi connectivity index (χ4v) is 2.97. The minimum atomic E-state index is -0.158. The number of benzene rings is 1. The molecule has 6 heteroatoms. The second kappa shape index (κ2) is 9.63. The van der Waals surface area contributed by atoms with Crippen molar-refractivity contribution >= 4 is 5.91 Å². The number of methoxy groups -OCH3 is 2. The Morgan fingerprint density at radius 3 is 2.60 bits per heavy atom. The van der Waals surface area contributed by atoms with Crippen molar-refractivity contribution in [2.75, 3.05) is 40.5 Å². The molecule has 1 aromatic rings. The first-order valence-electron chi connectivity index (χ1n) is 8.91. The minimum Gasteiger partial charge on any atom is -0.497 e. The Morgan fingerprint density at radius 1 is 1.28 bits per heavy atom. The number of likely N-dealkylation sites (tertiary alicyclic amines) is 1. The number of nitrogens with one attached hydrogen (secondary N) is 1. The van der Waals surface area contributed by atoms with Crippen molar-refractivity contribution in [3.8, 4) is 11.5 Å². The minimum absolute atomic E-state index is 0.118. The van der Waals surface area contributed by atoms with Crippen LogP contribution in [-0.4, -0.2) is 63.4 Å². The van der Waals surface area contributed by atoms with Crippen molar-refractivity contribution in [2.45, 2.75) is 38.8 Å². The van der Waals surface area contributed by atoms with E-state index in [0.29, 0.717) is 36.3 Å². The summed E-state index contributed by atoms with van der Waals surface area (Å²) in [4.78, 5) is 14.9. The van der Waals surface area contributed by atoms with Crippen LogP contribution in [0.3, 0.4) is 0 Å². The van der Waals surface area contributed by atoms with Crippen LogP contribution in [0.5, 0.6) is 11.5 Å². The maximum absolute atomic E-state index is 12.4. The van der Waals surface area contributed by atoms with Crippen LogP contribution in [0, 0.1) is 0 Å². The molecule has 1 saturated heterocycles. The summed E-state index contributed by atoms with van der Waals surface area (Å²) in [7, 11) is 3.22. The lowest BCUT2D eigenvalue weighted by atomic mass is 10.1. The highest BCUT2D eigenvalue weighted by molar-refractivity contribution is 5.97. The van der Waals surface area contributed by atoms with Gasteiger partial charge in [0.25, 0.3) is 5.91 Å². The largest absolute Gasteiger partial charge is 0.497 e. The van der Waals surface area contributed by atoms with Crippen LogP contribution in [0.1, 0.15) is 37.0 Å². The van der Waals surface area contributed by atoms with Crippen LogP contribution in [0.25, 0.3) is 0 Å². The van der Waals surface area contributed by atoms with E-state index in [2.05, 4.69) is 24.1 Å². The Hall–Kier alpha value is -1.79. The fourth-order valence-electron chi connectivity index (χ4n) is 2.97. The number of ether oxygens (including phenoxy) is 3. The van der Waals surface area contributed by atoms with E-state index in [9.17, 15) is 4.79 Å². The topological polar surface area (TPSA) is 60.0 Å². The number of carbonyl (C=O) groups excluding carboxylic acids is 1. The zero-order valence-corrected chi connectivity index (χ0v) is 15.7. The Morgan fingerprint density at radius 2 is 2.00 bits per heavy atom. The molecule has 0 aliphatic carbocycles. The van der Waals surface area contributed by atoms with Crippen LogP contribution in [0.4, 0.5) is 0 Å². The van der Waals surface area contributed by atoms with Crippen LogP contribution >= 0.6 is 0 Å². The monoisotopic (exact) mass is 350 g/mol. The Labute approximate surface area is 150 Å². The molecule has 25 heavy (non-hydrogen) atoms. The van der Waals surface area contributed by atoms with E-state index in [1.807, 2.05) is 0 Å². The molecule has 140 valence electrons. The van der Waals surface area contributed by atoms with Gasteiger partial charge >= 0.3 is 0 Å². The van der Waals surface area contributed by atoms with Crippen molar-refractivity contribution in [3.63, 3.8) is 0 Å². The van der Waals surface area contributed by atoms with E-state index in [-0.39, 0.29) is 12.0 Å². The predicted octanol–water partition coefficient (Wildman–Crippen LogP) is 2.32. The summed E-state index contributed by atoms with van der Waals surface area (Å²) in [6, 6.07) is 5.87. The number of amides is 1. The molecule has 0 aromatic heterocycles. The zero-order valence-electron chi connectivity index (χ0n) is 15.7. The first-order chi connectivity index (χ1) is 12.0. The third-order valence-corrected chi connectivity index (χ3v) is 4.53. The smallest absolute Gasteiger partial charge is 0.255 e. The zero-order chi connectivity index (χ0) is 18.2. The van der Waals surface area contributed by atoms with Gasteiger partial charge in [-0.25, -0.2) is 0 Å². The first-order valence-corrected chi connectivity index (χ1v) is 8.91. The summed E-state index contributed by atoms with van der Waals surface area (Å²) in [6.45, 7) is 7.40. The molecule has 2 rings (SSSR count). The highest BCUT2D eigenvalue weighted by atomic mass is 16.5. The molecular weight excluding hydrogens is 320 g/mol. The van der Waals surface area contributed by atoms with Crippen LogP contribution < -0.4 is 14.8 Å². The number of hydrogen-bond donors (Lipinski definition) is 1. The quantitative estimate of drug-likeness (QED) is 0.729. The van der Waals surface area contributed by atoms with Gasteiger partial charge in [0.15, 0.2) is 0 Å². The van der Waals surface area contributed by atoms with Crippen molar-refractivity contribution in [2.24, 2.45) is 0 Å². The lowest BCUT2D eigenvalue weighted by Crippen LogP contribution is -2.42. The van der Waals surface area contributed by atoms with Crippen LogP contribution in [-0.2, 0) is 4.74 Å².